The number of para-hydroxylation sites is 1. The molecule has 0 radical (unpaired) electrons. The second kappa shape index (κ2) is 13.1. The molecule has 2 aliphatic heterocycles. The van der Waals surface area contributed by atoms with Crippen LogP contribution in [0.5, 0.6) is 11.6 Å². The molecule has 5 aromatic rings. The first-order valence-corrected chi connectivity index (χ1v) is 15.9. The maximum atomic E-state index is 14.2. The lowest BCUT2D eigenvalue weighted by Gasteiger charge is -2.39. The number of nitrogens with zero attached hydrogens (tertiary/aromatic N) is 5. The average Bonchev–Trinajstić information content (AvgIpc) is 3.87. The van der Waals surface area contributed by atoms with Crippen LogP contribution in [-0.2, 0) is 22.3 Å². The first-order valence-electron chi connectivity index (χ1n) is 15.9. The van der Waals surface area contributed by atoms with Crippen LogP contribution >= 0.6 is 0 Å². The molecule has 3 aromatic heterocycles. The van der Waals surface area contributed by atoms with E-state index in [0.29, 0.717) is 60.6 Å². The van der Waals surface area contributed by atoms with Crippen LogP contribution in [0, 0.1) is 5.92 Å². The molecule has 2 aromatic carbocycles. The molecule has 0 spiro atoms. The fourth-order valence-electron chi connectivity index (χ4n) is 6.71. The van der Waals surface area contributed by atoms with Gasteiger partial charge in [-0.1, -0.05) is 18.2 Å². The number of pyridine rings is 1. The molecular formula is C34H36F3N7O4. The fourth-order valence-corrected chi connectivity index (χ4v) is 6.71. The van der Waals surface area contributed by atoms with Crippen LogP contribution in [0.15, 0.2) is 54.7 Å². The maximum Gasteiger partial charge on any atom is 0.449 e. The number of aromatic nitrogens is 5. The van der Waals surface area contributed by atoms with Crippen molar-refractivity contribution in [3.63, 3.8) is 0 Å². The lowest BCUT2D eigenvalue weighted by molar-refractivity contribution is -0.148. The number of amides is 1. The number of hydrogen-bond acceptors (Lipinski definition) is 8. The highest BCUT2D eigenvalue weighted by atomic mass is 19.4. The summed E-state index contributed by atoms with van der Waals surface area (Å²) in [6.07, 6.45) is -0.950. The second-order valence-corrected chi connectivity index (χ2v) is 12.3. The Morgan fingerprint density at radius 3 is 2.71 bits per heavy atom. The minimum absolute atomic E-state index is 0.0640. The number of H-pyrrole nitrogens is 1. The summed E-state index contributed by atoms with van der Waals surface area (Å²) in [6.45, 7) is 2.02. The van der Waals surface area contributed by atoms with Crippen molar-refractivity contribution in [1.29, 1.82) is 0 Å². The molecule has 2 aliphatic rings. The summed E-state index contributed by atoms with van der Waals surface area (Å²) < 4.78 is 60.0. The van der Waals surface area contributed by atoms with Gasteiger partial charge in [0.15, 0.2) is 0 Å². The van der Waals surface area contributed by atoms with Gasteiger partial charge in [-0.2, -0.15) is 13.2 Å². The third-order valence-corrected chi connectivity index (χ3v) is 9.23. The molecule has 3 atom stereocenters. The fraction of sp³-hybridized carbons (Fsp3) is 0.412. The molecule has 1 unspecified atom stereocenters. The van der Waals surface area contributed by atoms with Gasteiger partial charge in [0.05, 0.1) is 60.9 Å². The number of ether oxygens (including phenoxy) is 3. The zero-order valence-corrected chi connectivity index (χ0v) is 26.6. The van der Waals surface area contributed by atoms with Crippen molar-refractivity contribution in [2.45, 2.75) is 44.1 Å². The number of likely N-dealkylation sites (tertiary alicyclic amines) is 1. The topological polar surface area (TPSA) is 119 Å². The molecule has 0 saturated carbocycles. The van der Waals surface area contributed by atoms with Gasteiger partial charge in [-0.05, 0) is 49.4 Å². The number of benzene rings is 2. The van der Waals surface area contributed by atoms with Crippen molar-refractivity contribution in [3.8, 4) is 22.9 Å². The lowest BCUT2D eigenvalue weighted by atomic mass is 9.95. The number of piperidine rings is 1. The Hall–Kier alpha value is -4.69. The van der Waals surface area contributed by atoms with E-state index in [4.69, 9.17) is 19.2 Å². The Bertz CT molecular complexity index is 1940. The van der Waals surface area contributed by atoms with Crippen LogP contribution in [0.25, 0.3) is 33.2 Å². The van der Waals surface area contributed by atoms with Crippen LogP contribution in [0.3, 0.4) is 0 Å². The van der Waals surface area contributed by atoms with Crippen molar-refractivity contribution >= 4 is 27.8 Å². The molecule has 0 bridgehead atoms. The number of halogens is 3. The number of aromatic amines is 1. The zero-order valence-electron chi connectivity index (χ0n) is 26.6. The van der Waals surface area contributed by atoms with E-state index in [-0.39, 0.29) is 17.1 Å². The SMILES string of the molecule is COc1ccc2nc(C(F)(F)F)n(CC(=O)N3CC[C@H](NCC4CCOC4)C[C@H]3c3ncc(-c4cc5ccccc5nc4OC)[nH]3)c2c1. The van der Waals surface area contributed by atoms with Crippen LogP contribution in [-0.4, -0.2) is 81.9 Å². The summed E-state index contributed by atoms with van der Waals surface area (Å²) in [6, 6.07) is 13.7. The molecule has 11 nitrogen and oxygen atoms in total. The predicted molar refractivity (Wildman–Crippen MR) is 172 cm³/mol. The summed E-state index contributed by atoms with van der Waals surface area (Å²) in [5, 5.41) is 4.56. The molecule has 48 heavy (non-hydrogen) atoms. The van der Waals surface area contributed by atoms with E-state index >= 15 is 0 Å². The third-order valence-electron chi connectivity index (χ3n) is 9.23. The summed E-state index contributed by atoms with van der Waals surface area (Å²) in [7, 11) is 2.98. The molecule has 252 valence electrons. The molecule has 0 aliphatic carbocycles. The summed E-state index contributed by atoms with van der Waals surface area (Å²) in [4.78, 5) is 32.3. The normalized spacial score (nSPS) is 20.1. The number of imidazole rings is 2. The van der Waals surface area contributed by atoms with Gasteiger partial charge in [0.1, 0.15) is 18.1 Å². The molecule has 1 amide bonds. The highest BCUT2D eigenvalue weighted by molar-refractivity contribution is 5.85. The van der Waals surface area contributed by atoms with E-state index in [2.05, 4.69) is 20.3 Å². The molecular weight excluding hydrogens is 627 g/mol. The molecule has 2 saturated heterocycles. The van der Waals surface area contributed by atoms with Crippen LogP contribution in [0.1, 0.15) is 37.0 Å². The van der Waals surface area contributed by atoms with Gasteiger partial charge in [-0.3, -0.25) is 4.79 Å². The highest BCUT2D eigenvalue weighted by Gasteiger charge is 2.40. The number of rotatable bonds is 9. The van der Waals surface area contributed by atoms with E-state index in [9.17, 15) is 18.0 Å². The number of alkyl halides is 3. The van der Waals surface area contributed by atoms with E-state index in [1.807, 2.05) is 30.3 Å². The highest BCUT2D eigenvalue weighted by Crippen LogP contribution is 2.36. The van der Waals surface area contributed by atoms with Gasteiger partial charge in [-0.15, -0.1) is 0 Å². The second-order valence-electron chi connectivity index (χ2n) is 12.3. The lowest BCUT2D eigenvalue weighted by Crippen LogP contribution is -2.48. The van der Waals surface area contributed by atoms with Gasteiger partial charge in [0.2, 0.25) is 17.6 Å². The zero-order chi connectivity index (χ0) is 33.4. The minimum Gasteiger partial charge on any atom is -0.497 e. The molecule has 5 heterocycles. The predicted octanol–water partition coefficient (Wildman–Crippen LogP) is 5.37. The largest absolute Gasteiger partial charge is 0.497 e. The number of methoxy groups -OCH3 is 2. The Kier molecular flexibility index (Phi) is 8.69. The van der Waals surface area contributed by atoms with E-state index in [1.54, 1.807) is 24.3 Å². The Morgan fingerprint density at radius 2 is 1.94 bits per heavy atom. The first-order chi connectivity index (χ1) is 23.2. The molecule has 2 fully saturated rings. The first kappa shape index (κ1) is 31.9. The monoisotopic (exact) mass is 663 g/mol. The number of hydrogen-bond donors (Lipinski definition) is 2. The van der Waals surface area contributed by atoms with Gasteiger partial charge in [0, 0.05) is 37.2 Å². The van der Waals surface area contributed by atoms with Crippen molar-refractivity contribution < 1.29 is 32.2 Å². The van der Waals surface area contributed by atoms with Crippen molar-refractivity contribution in [2.24, 2.45) is 5.92 Å². The Labute approximate surface area is 274 Å². The van der Waals surface area contributed by atoms with Gasteiger partial charge < -0.3 is 34.0 Å². The molecule has 7 rings (SSSR count). The summed E-state index contributed by atoms with van der Waals surface area (Å²) in [5.74, 6) is 0.112. The van der Waals surface area contributed by atoms with E-state index < -0.39 is 30.5 Å². The Balaban J connectivity index is 1.21. The molecule has 2 N–H and O–H groups in total. The summed E-state index contributed by atoms with van der Waals surface area (Å²) >= 11 is 0. The van der Waals surface area contributed by atoms with Crippen LogP contribution in [0.4, 0.5) is 13.2 Å². The number of fused-ring (bicyclic) bond motifs is 2. The number of nitrogens with one attached hydrogen (secondary N) is 2. The van der Waals surface area contributed by atoms with Gasteiger partial charge >= 0.3 is 6.18 Å². The van der Waals surface area contributed by atoms with Crippen molar-refractivity contribution in [3.05, 3.63) is 66.4 Å². The quantitative estimate of drug-likeness (QED) is 0.216. The van der Waals surface area contributed by atoms with Crippen LogP contribution in [0.2, 0.25) is 0 Å². The average molecular weight is 664 g/mol. The van der Waals surface area contributed by atoms with E-state index in [1.165, 1.54) is 19.2 Å². The number of carbonyl (C=O) groups excluding carboxylic acids is 1. The van der Waals surface area contributed by atoms with Gasteiger partial charge in [0.25, 0.3) is 0 Å². The Morgan fingerprint density at radius 1 is 1.08 bits per heavy atom. The van der Waals surface area contributed by atoms with Crippen LogP contribution < -0.4 is 14.8 Å². The van der Waals surface area contributed by atoms with Crippen molar-refractivity contribution in [1.82, 2.24) is 34.7 Å². The summed E-state index contributed by atoms with van der Waals surface area (Å²) in [5.41, 5.74) is 2.43. The third kappa shape index (κ3) is 6.29. The number of carbonyl (C=O) groups is 1. The standard InChI is InChI=1S/C34H36F3N7O4/c1-46-23-7-8-26-28(15-23)44(33(42-26)34(35,36)37)18-30(45)43-11-9-22(38-16-20-10-12-48-19-20)14-29(43)31-39-17-27(40-31)24-13-21-5-3-4-6-25(21)41-32(24)47-2/h3-8,13,15,17,20,22,29,38H,9-12,14,16,18-19H2,1-2H3,(H,39,40)/t20?,22-,29-/m0/s1. The van der Waals surface area contributed by atoms with E-state index in [0.717, 1.165) is 35.0 Å². The maximum absolute atomic E-state index is 14.2. The van der Waals surface area contributed by atoms with Gasteiger partial charge in [-0.25, -0.2) is 15.0 Å². The minimum atomic E-state index is -4.77. The molecule has 14 heteroatoms. The van der Waals surface area contributed by atoms with Crippen molar-refractivity contribution in [2.75, 3.05) is 40.5 Å². The smallest absolute Gasteiger partial charge is 0.449 e.